The van der Waals surface area contributed by atoms with Crippen LogP contribution in [0.15, 0.2) is 24.8 Å². The fourth-order valence-electron chi connectivity index (χ4n) is 4.20. The third kappa shape index (κ3) is 3.05. The highest BCUT2D eigenvalue weighted by molar-refractivity contribution is 5.79. The summed E-state index contributed by atoms with van der Waals surface area (Å²) in [6.45, 7) is 2.92. The Labute approximate surface area is 148 Å². The van der Waals surface area contributed by atoms with Gasteiger partial charge in [0.25, 0.3) is 0 Å². The van der Waals surface area contributed by atoms with Gasteiger partial charge in [0, 0.05) is 31.3 Å². The number of likely N-dealkylation sites (tertiary alicyclic amines) is 1. The van der Waals surface area contributed by atoms with E-state index < -0.39 is 0 Å². The van der Waals surface area contributed by atoms with Crippen molar-refractivity contribution in [2.75, 3.05) is 6.54 Å². The third-order valence-corrected chi connectivity index (χ3v) is 5.50. The maximum atomic E-state index is 12.9. The molecule has 1 saturated heterocycles. The summed E-state index contributed by atoms with van der Waals surface area (Å²) in [6.07, 6.45) is 14.6. The Hall–Kier alpha value is -2.24. The number of aromatic nitrogens is 4. The van der Waals surface area contributed by atoms with Gasteiger partial charge in [0.15, 0.2) is 5.82 Å². The largest absolute Gasteiger partial charge is 0.334 e. The number of rotatable bonds is 4. The molecule has 2 aliphatic rings. The zero-order valence-electron chi connectivity index (χ0n) is 14.8. The second-order valence-corrected chi connectivity index (χ2v) is 7.04. The van der Waals surface area contributed by atoms with Gasteiger partial charge in [-0.3, -0.25) is 14.3 Å². The molecule has 0 N–H and O–H groups in total. The lowest BCUT2D eigenvalue weighted by Crippen LogP contribution is -2.35. The maximum Gasteiger partial charge on any atom is 0.226 e. The van der Waals surface area contributed by atoms with E-state index in [0.29, 0.717) is 5.91 Å². The molecule has 0 radical (unpaired) electrons. The van der Waals surface area contributed by atoms with Crippen molar-refractivity contribution in [2.24, 2.45) is 5.92 Å². The minimum Gasteiger partial charge on any atom is -0.334 e. The summed E-state index contributed by atoms with van der Waals surface area (Å²) in [7, 11) is 0. The molecule has 6 nitrogen and oxygen atoms in total. The lowest BCUT2D eigenvalue weighted by Gasteiger charge is -2.27. The zero-order chi connectivity index (χ0) is 17.2. The molecule has 132 valence electrons. The number of nitrogens with zero attached hydrogens (tertiary/aromatic N) is 5. The molecule has 0 spiro atoms. The fraction of sp³-hybridized carbons (Fsp3) is 0.579. The van der Waals surface area contributed by atoms with Gasteiger partial charge >= 0.3 is 0 Å². The average molecular weight is 339 g/mol. The number of hydrogen-bond acceptors (Lipinski definition) is 4. The first-order valence-corrected chi connectivity index (χ1v) is 9.43. The van der Waals surface area contributed by atoms with Gasteiger partial charge in [0.05, 0.1) is 24.1 Å². The van der Waals surface area contributed by atoms with Crippen LogP contribution in [0.25, 0.3) is 5.82 Å². The number of hydrogen-bond donors (Lipinski definition) is 0. The molecular weight excluding hydrogens is 314 g/mol. The van der Waals surface area contributed by atoms with Crippen molar-refractivity contribution in [3.05, 3.63) is 36.3 Å². The molecule has 25 heavy (non-hydrogen) atoms. The van der Waals surface area contributed by atoms with Gasteiger partial charge in [-0.25, -0.2) is 9.97 Å². The molecule has 0 bridgehead atoms. The lowest BCUT2D eigenvalue weighted by atomic mass is 10.1. The zero-order valence-corrected chi connectivity index (χ0v) is 14.8. The number of amides is 1. The molecule has 3 heterocycles. The van der Waals surface area contributed by atoms with Crippen LogP contribution >= 0.6 is 0 Å². The highest BCUT2D eigenvalue weighted by Crippen LogP contribution is 2.35. The smallest absolute Gasteiger partial charge is 0.226 e. The molecular formula is C19H25N5O. The molecule has 0 unspecified atom stereocenters. The fourth-order valence-corrected chi connectivity index (χ4v) is 4.20. The summed E-state index contributed by atoms with van der Waals surface area (Å²) in [5, 5.41) is 0. The molecule has 1 aliphatic heterocycles. The topological polar surface area (TPSA) is 63.9 Å². The monoisotopic (exact) mass is 339 g/mol. The van der Waals surface area contributed by atoms with Crippen LogP contribution in [-0.4, -0.2) is 36.9 Å². The molecule has 2 aromatic heterocycles. The molecule has 4 rings (SSSR count). The van der Waals surface area contributed by atoms with E-state index in [1.807, 2.05) is 17.0 Å². The number of imidazole rings is 1. The van der Waals surface area contributed by atoms with Gasteiger partial charge in [0.2, 0.25) is 5.91 Å². The summed E-state index contributed by atoms with van der Waals surface area (Å²) in [5.41, 5.74) is 0.900. The predicted octanol–water partition coefficient (Wildman–Crippen LogP) is 3.08. The summed E-state index contributed by atoms with van der Waals surface area (Å²) in [5.74, 6) is 2.30. The second-order valence-electron chi connectivity index (χ2n) is 7.04. The average Bonchev–Trinajstić information content (AvgIpc) is 3.42. The first-order chi connectivity index (χ1) is 12.3. The minimum absolute atomic E-state index is 0.0640. The summed E-state index contributed by atoms with van der Waals surface area (Å²) in [4.78, 5) is 28.6. The van der Waals surface area contributed by atoms with E-state index in [1.54, 1.807) is 12.4 Å². The number of carbonyl (C=O) groups is 1. The highest BCUT2D eigenvalue weighted by atomic mass is 16.2. The van der Waals surface area contributed by atoms with Crippen molar-refractivity contribution in [1.29, 1.82) is 0 Å². The van der Waals surface area contributed by atoms with Gasteiger partial charge in [-0.05, 0) is 25.7 Å². The van der Waals surface area contributed by atoms with Gasteiger partial charge in [-0.15, -0.1) is 0 Å². The van der Waals surface area contributed by atoms with E-state index >= 15 is 0 Å². The van der Waals surface area contributed by atoms with Crippen molar-refractivity contribution >= 4 is 5.91 Å². The summed E-state index contributed by atoms with van der Waals surface area (Å²) in [6, 6.07) is 0.0640. The second kappa shape index (κ2) is 6.94. The third-order valence-electron chi connectivity index (χ3n) is 5.50. The normalized spacial score (nSPS) is 21.2. The van der Waals surface area contributed by atoms with Crippen LogP contribution in [0.1, 0.15) is 63.0 Å². The lowest BCUT2D eigenvalue weighted by molar-refractivity contribution is -0.136. The van der Waals surface area contributed by atoms with Gasteiger partial charge in [-0.1, -0.05) is 19.8 Å². The van der Waals surface area contributed by atoms with Crippen molar-refractivity contribution in [3.63, 3.8) is 0 Å². The minimum atomic E-state index is 0.0640. The Balaban J connectivity index is 1.60. The summed E-state index contributed by atoms with van der Waals surface area (Å²) < 4.78 is 1.98. The molecule has 2 aromatic rings. The van der Waals surface area contributed by atoms with Crippen LogP contribution in [0.3, 0.4) is 0 Å². The highest BCUT2D eigenvalue weighted by Gasteiger charge is 2.35. The van der Waals surface area contributed by atoms with E-state index in [4.69, 9.17) is 4.98 Å². The molecule has 1 aliphatic carbocycles. The SMILES string of the molecule is CCc1nccn1-c1cncc([C@H]2CCCN2C(=O)C2CCCC2)n1. The van der Waals surface area contributed by atoms with E-state index in [-0.39, 0.29) is 12.0 Å². The van der Waals surface area contributed by atoms with Crippen LogP contribution in [0.2, 0.25) is 0 Å². The van der Waals surface area contributed by atoms with Crippen LogP contribution < -0.4 is 0 Å². The van der Waals surface area contributed by atoms with Gasteiger partial charge in [-0.2, -0.15) is 0 Å². The van der Waals surface area contributed by atoms with E-state index in [9.17, 15) is 4.79 Å². The molecule has 1 amide bonds. The first-order valence-electron chi connectivity index (χ1n) is 9.43. The molecule has 0 aromatic carbocycles. The predicted molar refractivity (Wildman–Crippen MR) is 94.2 cm³/mol. The Morgan fingerprint density at radius 2 is 2.04 bits per heavy atom. The molecule has 2 fully saturated rings. The summed E-state index contributed by atoms with van der Waals surface area (Å²) >= 11 is 0. The quantitative estimate of drug-likeness (QED) is 0.859. The Morgan fingerprint density at radius 3 is 2.84 bits per heavy atom. The van der Waals surface area contributed by atoms with E-state index in [0.717, 1.165) is 56.0 Å². The van der Waals surface area contributed by atoms with Crippen molar-refractivity contribution in [1.82, 2.24) is 24.4 Å². The Bertz CT molecular complexity index is 750. The molecule has 1 saturated carbocycles. The van der Waals surface area contributed by atoms with Crippen LogP contribution in [0, 0.1) is 5.92 Å². The number of carbonyl (C=O) groups excluding carboxylic acids is 1. The maximum absolute atomic E-state index is 12.9. The van der Waals surface area contributed by atoms with E-state index in [1.165, 1.54) is 12.8 Å². The molecule has 1 atom stereocenters. The number of aryl methyl sites for hydroxylation is 1. The van der Waals surface area contributed by atoms with Gasteiger partial charge in [0.1, 0.15) is 5.82 Å². The van der Waals surface area contributed by atoms with Crippen molar-refractivity contribution in [2.45, 2.75) is 57.9 Å². The first kappa shape index (κ1) is 16.2. The molecule has 6 heteroatoms. The van der Waals surface area contributed by atoms with Crippen LogP contribution in [-0.2, 0) is 11.2 Å². The Kier molecular flexibility index (Phi) is 4.51. The van der Waals surface area contributed by atoms with Crippen LogP contribution in [0.5, 0.6) is 0 Å². The van der Waals surface area contributed by atoms with Gasteiger partial charge < -0.3 is 4.90 Å². The van der Waals surface area contributed by atoms with Crippen molar-refractivity contribution < 1.29 is 4.79 Å². The van der Waals surface area contributed by atoms with E-state index in [2.05, 4.69) is 21.8 Å². The van der Waals surface area contributed by atoms with Crippen molar-refractivity contribution in [3.8, 4) is 5.82 Å². The van der Waals surface area contributed by atoms with Crippen LogP contribution in [0.4, 0.5) is 0 Å². The Morgan fingerprint density at radius 1 is 1.20 bits per heavy atom. The standard InChI is InChI=1S/C19H25N5O/c1-2-17-21-9-11-24(17)18-13-20-12-15(22-18)16-8-5-10-23(16)19(25)14-6-3-4-7-14/h9,11-14,16H,2-8,10H2,1H3/t16-/m1/s1.